The average Bonchev–Trinajstić information content (AvgIpc) is 2.77. The standard InChI is InChI=1S/C14H14BrClN6O/c1-6-4-22(23)9(7(2)11(6)15)5-21-13-10(8(3)20-21)12(16)18-14(17)19-13/h4H,5H2,1-3H3,(H2,17,18,19). The maximum Gasteiger partial charge on any atom is 0.223 e. The Kier molecular flexibility index (Phi) is 3.89. The Morgan fingerprint density at radius 3 is 2.74 bits per heavy atom. The quantitative estimate of drug-likeness (QED) is 0.407. The van der Waals surface area contributed by atoms with Gasteiger partial charge in [-0.2, -0.15) is 14.8 Å². The van der Waals surface area contributed by atoms with Crippen molar-refractivity contribution in [3.8, 4) is 0 Å². The summed E-state index contributed by atoms with van der Waals surface area (Å²) in [6.45, 7) is 5.82. The highest BCUT2D eigenvalue weighted by atomic mass is 79.9. The summed E-state index contributed by atoms with van der Waals surface area (Å²) in [6.07, 6.45) is 1.53. The summed E-state index contributed by atoms with van der Waals surface area (Å²) < 4.78 is 3.37. The first kappa shape index (κ1) is 15.9. The van der Waals surface area contributed by atoms with Gasteiger partial charge in [0.2, 0.25) is 11.6 Å². The lowest BCUT2D eigenvalue weighted by Crippen LogP contribution is -2.34. The molecule has 0 fully saturated rings. The number of aromatic nitrogens is 5. The van der Waals surface area contributed by atoms with E-state index >= 15 is 0 Å². The molecule has 23 heavy (non-hydrogen) atoms. The Labute approximate surface area is 145 Å². The van der Waals surface area contributed by atoms with Gasteiger partial charge in [0.1, 0.15) is 11.7 Å². The molecule has 3 aromatic heterocycles. The molecule has 0 aromatic carbocycles. The van der Waals surface area contributed by atoms with Crippen molar-refractivity contribution in [3.63, 3.8) is 0 Å². The Hall–Kier alpha value is -1.93. The molecule has 0 aliphatic carbocycles. The fourth-order valence-corrected chi connectivity index (χ4v) is 3.19. The molecule has 0 spiro atoms. The van der Waals surface area contributed by atoms with Crippen LogP contribution in [0.4, 0.5) is 5.95 Å². The van der Waals surface area contributed by atoms with Gasteiger partial charge in [-0.05, 0) is 36.7 Å². The Balaban J connectivity index is 2.19. The van der Waals surface area contributed by atoms with Crippen molar-refractivity contribution in [2.45, 2.75) is 27.3 Å². The highest BCUT2D eigenvalue weighted by Crippen LogP contribution is 2.26. The summed E-state index contributed by atoms with van der Waals surface area (Å²) in [4.78, 5) is 8.16. The van der Waals surface area contributed by atoms with E-state index in [1.165, 1.54) is 6.20 Å². The maximum atomic E-state index is 12.3. The van der Waals surface area contributed by atoms with E-state index in [9.17, 15) is 5.21 Å². The number of nitrogens with zero attached hydrogens (tertiary/aromatic N) is 5. The van der Waals surface area contributed by atoms with Crippen LogP contribution >= 0.6 is 27.5 Å². The van der Waals surface area contributed by atoms with Gasteiger partial charge in [-0.15, -0.1) is 0 Å². The van der Waals surface area contributed by atoms with Gasteiger partial charge in [-0.1, -0.05) is 11.6 Å². The van der Waals surface area contributed by atoms with Crippen molar-refractivity contribution in [2.75, 3.05) is 5.73 Å². The molecule has 0 saturated heterocycles. The zero-order chi connectivity index (χ0) is 16.9. The van der Waals surface area contributed by atoms with E-state index < -0.39 is 0 Å². The summed E-state index contributed by atoms with van der Waals surface area (Å²) in [5, 5.41) is 17.6. The predicted octanol–water partition coefficient (Wildman–Crippen LogP) is 2.43. The molecule has 0 aliphatic heterocycles. The minimum Gasteiger partial charge on any atom is -0.618 e. The van der Waals surface area contributed by atoms with Crippen LogP contribution in [0.1, 0.15) is 22.5 Å². The molecule has 7 nitrogen and oxygen atoms in total. The first-order chi connectivity index (χ1) is 10.8. The summed E-state index contributed by atoms with van der Waals surface area (Å²) in [6, 6.07) is 0. The summed E-state index contributed by atoms with van der Waals surface area (Å²) in [5.74, 6) is 0.0699. The summed E-state index contributed by atoms with van der Waals surface area (Å²) in [5.41, 5.74) is 9.17. The van der Waals surface area contributed by atoms with E-state index in [-0.39, 0.29) is 17.6 Å². The topological polar surface area (TPSA) is 96.6 Å². The summed E-state index contributed by atoms with van der Waals surface area (Å²) in [7, 11) is 0. The molecule has 2 N–H and O–H groups in total. The lowest BCUT2D eigenvalue weighted by atomic mass is 10.1. The van der Waals surface area contributed by atoms with Crippen LogP contribution in [0.25, 0.3) is 11.0 Å². The number of anilines is 1. The van der Waals surface area contributed by atoms with E-state index in [1.54, 1.807) is 4.68 Å². The number of fused-ring (bicyclic) bond motifs is 1. The number of pyridine rings is 1. The van der Waals surface area contributed by atoms with Crippen LogP contribution in [0, 0.1) is 26.0 Å². The number of aryl methyl sites for hydroxylation is 2. The number of halogens is 2. The minimum absolute atomic E-state index is 0.0699. The number of nitrogens with two attached hydrogens (primary N) is 1. The zero-order valence-electron chi connectivity index (χ0n) is 12.8. The van der Waals surface area contributed by atoms with Crippen molar-refractivity contribution in [3.05, 3.63) is 43.5 Å². The van der Waals surface area contributed by atoms with Crippen molar-refractivity contribution in [2.24, 2.45) is 0 Å². The SMILES string of the molecule is Cc1c[n+]([O-])c(Cn2nc(C)c3c(Cl)nc(N)nc32)c(C)c1Br. The second-order valence-corrected chi connectivity index (χ2v) is 6.49. The van der Waals surface area contributed by atoms with Gasteiger partial charge in [-0.3, -0.25) is 0 Å². The van der Waals surface area contributed by atoms with Crippen LogP contribution in [0.2, 0.25) is 5.15 Å². The molecule has 0 atom stereocenters. The third-order valence-corrected chi connectivity index (χ3v) is 5.22. The number of nitrogen functional groups attached to an aromatic ring is 1. The van der Waals surface area contributed by atoms with Gasteiger partial charge in [0.25, 0.3) is 0 Å². The lowest BCUT2D eigenvalue weighted by Gasteiger charge is -2.11. The van der Waals surface area contributed by atoms with Gasteiger partial charge in [-0.25, -0.2) is 9.67 Å². The highest BCUT2D eigenvalue weighted by molar-refractivity contribution is 9.10. The van der Waals surface area contributed by atoms with Crippen LogP contribution < -0.4 is 10.5 Å². The third-order valence-electron chi connectivity index (χ3n) is 3.72. The van der Waals surface area contributed by atoms with E-state index in [1.807, 2.05) is 20.8 Å². The second kappa shape index (κ2) is 5.61. The largest absolute Gasteiger partial charge is 0.618 e. The molecule has 0 radical (unpaired) electrons. The molecule has 0 amide bonds. The van der Waals surface area contributed by atoms with Crippen molar-refractivity contribution in [1.29, 1.82) is 0 Å². The molecule has 3 rings (SSSR count). The van der Waals surface area contributed by atoms with Gasteiger partial charge < -0.3 is 10.9 Å². The van der Waals surface area contributed by atoms with Crippen LogP contribution in [0.5, 0.6) is 0 Å². The summed E-state index contributed by atoms with van der Waals surface area (Å²) >= 11 is 9.64. The monoisotopic (exact) mass is 396 g/mol. The molecule has 0 bridgehead atoms. The molecule has 3 heterocycles. The molecule has 0 unspecified atom stereocenters. The molecule has 9 heteroatoms. The molecule has 0 saturated carbocycles. The second-order valence-electron chi connectivity index (χ2n) is 5.34. The van der Waals surface area contributed by atoms with Crippen LogP contribution in [-0.4, -0.2) is 19.7 Å². The van der Waals surface area contributed by atoms with Gasteiger partial charge in [0.15, 0.2) is 11.8 Å². The van der Waals surface area contributed by atoms with Crippen LogP contribution in [0.15, 0.2) is 10.7 Å². The van der Waals surface area contributed by atoms with Crippen LogP contribution in [0.3, 0.4) is 0 Å². The highest BCUT2D eigenvalue weighted by Gasteiger charge is 2.20. The Morgan fingerprint density at radius 1 is 1.35 bits per heavy atom. The van der Waals surface area contributed by atoms with Gasteiger partial charge >= 0.3 is 0 Å². The van der Waals surface area contributed by atoms with Gasteiger partial charge in [0.05, 0.1) is 11.1 Å². The van der Waals surface area contributed by atoms with Gasteiger partial charge in [0, 0.05) is 15.6 Å². The van der Waals surface area contributed by atoms with Crippen LogP contribution in [-0.2, 0) is 6.54 Å². The minimum atomic E-state index is 0.0699. The zero-order valence-corrected chi connectivity index (χ0v) is 15.1. The smallest absolute Gasteiger partial charge is 0.223 e. The maximum absolute atomic E-state index is 12.3. The Bertz CT molecular complexity index is 939. The molecule has 3 aromatic rings. The average molecular weight is 398 g/mol. The van der Waals surface area contributed by atoms with E-state index in [0.717, 1.165) is 20.3 Å². The van der Waals surface area contributed by atoms with E-state index in [0.29, 0.717) is 22.4 Å². The Morgan fingerprint density at radius 2 is 2.04 bits per heavy atom. The van der Waals surface area contributed by atoms with E-state index in [2.05, 4.69) is 31.0 Å². The predicted molar refractivity (Wildman–Crippen MR) is 91.2 cm³/mol. The molecular weight excluding hydrogens is 384 g/mol. The van der Waals surface area contributed by atoms with Crippen molar-refractivity contribution in [1.82, 2.24) is 19.7 Å². The van der Waals surface area contributed by atoms with Crippen molar-refractivity contribution >= 4 is 44.5 Å². The lowest BCUT2D eigenvalue weighted by molar-refractivity contribution is -0.615. The normalized spacial score (nSPS) is 11.3. The number of hydrogen-bond donors (Lipinski definition) is 1. The van der Waals surface area contributed by atoms with Crippen molar-refractivity contribution < 1.29 is 4.73 Å². The molecule has 120 valence electrons. The first-order valence-corrected chi connectivity index (χ1v) is 8.00. The third kappa shape index (κ3) is 2.61. The fraction of sp³-hybridized carbons (Fsp3) is 0.286. The number of rotatable bonds is 2. The number of hydrogen-bond acceptors (Lipinski definition) is 5. The molecular formula is C14H14BrClN6O. The fourth-order valence-electron chi connectivity index (χ4n) is 2.55. The molecule has 0 aliphatic rings. The first-order valence-electron chi connectivity index (χ1n) is 6.83. The van der Waals surface area contributed by atoms with E-state index in [4.69, 9.17) is 17.3 Å².